The number of ether oxygens (including phenoxy) is 2. The maximum absolute atomic E-state index is 13.2. The summed E-state index contributed by atoms with van der Waals surface area (Å²) in [7, 11) is 0. The zero-order valence-electron chi connectivity index (χ0n) is 20.8. The quantitative estimate of drug-likeness (QED) is 0.422. The van der Waals surface area contributed by atoms with Gasteiger partial charge in [-0.25, -0.2) is 0 Å². The molecule has 1 N–H and O–H groups in total. The fraction of sp³-hybridized carbons (Fsp3) is 0.321. The summed E-state index contributed by atoms with van der Waals surface area (Å²) in [6.07, 6.45) is 2.79. The van der Waals surface area contributed by atoms with E-state index in [4.69, 9.17) is 9.47 Å². The maximum atomic E-state index is 13.2. The summed E-state index contributed by atoms with van der Waals surface area (Å²) in [5, 5.41) is 8.99. The van der Waals surface area contributed by atoms with Crippen LogP contribution in [0.1, 0.15) is 42.8 Å². The number of para-hydroxylation sites is 1. The van der Waals surface area contributed by atoms with Crippen LogP contribution in [0.2, 0.25) is 0 Å². The van der Waals surface area contributed by atoms with Gasteiger partial charge in [-0.3, -0.25) is 9.59 Å². The highest BCUT2D eigenvalue weighted by atomic mass is 16.6. The van der Waals surface area contributed by atoms with Crippen LogP contribution in [0.3, 0.4) is 0 Å². The third-order valence-electron chi connectivity index (χ3n) is 6.77. The zero-order chi connectivity index (χ0) is 25.2. The van der Waals surface area contributed by atoms with Gasteiger partial charge in [0.25, 0.3) is 5.56 Å². The Labute approximate surface area is 209 Å². The fourth-order valence-electron chi connectivity index (χ4n) is 4.82. The smallest absolute Gasteiger partial charge is 0.281 e. The Kier molecular flexibility index (Phi) is 6.50. The minimum absolute atomic E-state index is 0.0162. The molecule has 0 saturated carbocycles. The van der Waals surface area contributed by atoms with E-state index >= 15 is 0 Å². The standard InChI is InChI=1S/C28H30N4O4/c1-18(21-11-12-24-25(16-21)36-15-14-35-24)30-26(33)10-7-13-31-19(2)23-17-29-32(22-8-5-4-6-9-22)28(34)27(23)20(31)3/h4-6,8-9,11-12,16-18H,7,10,13-15H2,1-3H3,(H,30,33). The number of amides is 1. The predicted molar refractivity (Wildman–Crippen MR) is 138 cm³/mol. The van der Waals surface area contributed by atoms with Crippen LogP contribution in [0.25, 0.3) is 16.5 Å². The first-order chi connectivity index (χ1) is 17.4. The molecule has 8 heteroatoms. The van der Waals surface area contributed by atoms with E-state index in [2.05, 4.69) is 15.0 Å². The Hall–Kier alpha value is -4.07. The van der Waals surface area contributed by atoms with Gasteiger partial charge in [-0.05, 0) is 57.0 Å². The first-order valence-corrected chi connectivity index (χ1v) is 12.3. The van der Waals surface area contributed by atoms with E-state index in [9.17, 15) is 9.59 Å². The molecule has 1 aliphatic rings. The lowest BCUT2D eigenvalue weighted by Crippen LogP contribution is -2.27. The van der Waals surface area contributed by atoms with Gasteiger partial charge in [0.1, 0.15) is 13.2 Å². The van der Waals surface area contributed by atoms with Crippen LogP contribution < -0.4 is 20.3 Å². The summed E-state index contributed by atoms with van der Waals surface area (Å²) in [5.41, 5.74) is 3.45. The van der Waals surface area contributed by atoms with Crippen molar-refractivity contribution >= 4 is 16.7 Å². The molecule has 1 unspecified atom stereocenters. The molecule has 0 fully saturated rings. The normalized spacial score (nSPS) is 13.5. The predicted octanol–water partition coefficient (Wildman–Crippen LogP) is 4.23. The van der Waals surface area contributed by atoms with Crippen molar-refractivity contribution in [2.45, 2.75) is 46.2 Å². The zero-order valence-corrected chi connectivity index (χ0v) is 20.8. The number of aromatic nitrogens is 3. The molecule has 5 rings (SSSR count). The summed E-state index contributed by atoms with van der Waals surface area (Å²) >= 11 is 0. The summed E-state index contributed by atoms with van der Waals surface area (Å²) in [6, 6.07) is 15.0. The van der Waals surface area contributed by atoms with Crippen LogP contribution in [0.15, 0.2) is 59.5 Å². The Morgan fingerprint density at radius 3 is 2.58 bits per heavy atom. The van der Waals surface area contributed by atoms with Crippen molar-refractivity contribution in [3.8, 4) is 17.2 Å². The number of aryl methyl sites for hydroxylation is 2. The molecular weight excluding hydrogens is 456 g/mol. The Bertz CT molecular complexity index is 1470. The third kappa shape index (κ3) is 4.46. The lowest BCUT2D eigenvalue weighted by Gasteiger charge is -2.21. The average molecular weight is 487 g/mol. The fourth-order valence-corrected chi connectivity index (χ4v) is 4.82. The van der Waals surface area contributed by atoms with Crippen LogP contribution in [0.5, 0.6) is 11.5 Å². The van der Waals surface area contributed by atoms with Crippen molar-refractivity contribution in [2.75, 3.05) is 13.2 Å². The number of hydrogen-bond donors (Lipinski definition) is 1. The summed E-state index contributed by atoms with van der Waals surface area (Å²) in [5.74, 6) is 1.43. The van der Waals surface area contributed by atoms with Gasteiger partial charge >= 0.3 is 0 Å². The van der Waals surface area contributed by atoms with Crippen molar-refractivity contribution in [1.29, 1.82) is 0 Å². The first kappa shape index (κ1) is 23.7. The molecule has 1 aliphatic heterocycles. The van der Waals surface area contributed by atoms with Gasteiger partial charge in [0, 0.05) is 29.7 Å². The van der Waals surface area contributed by atoms with Crippen LogP contribution in [-0.4, -0.2) is 33.5 Å². The van der Waals surface area contributed by atoms with E-state index in [1.165, 1.54) is 4.68 Å². The van der Waals surface area contributed by atoms with Gasteiger partial charge in [0.15, 0.2) is 11.5 Å². The highest BCUT2D eigenvalue weighted by Crippen LogP contribution is 2.32. The second-order valence-electron chi connectivity index (χ2n) is 9.10. The van der Waals surface area contributed by atoms with Gasteiger partial charge in [-0.15, -0.1) is 0 Å². The molecule has 1 amide bonds. The first-order valence-electron chi connectivity index (χ1n) is 12.3. The van der Waals surface area contributed by atoms with Gasteiger partial charge in [-0.1, -0.05) is 24.3 Å². The Morgan fingerprint density at radius 2 is 1.81 bits per heavy atom. The number of carbonyl (C=O) groups excluding carboxylic acids is 1. The van der Waals surface area contributed by atoms with Crippen LogP contribution in [0, 0.1) is 13.8 Å². The summed E-state index contributed by atoms with van der Waals surface area (Å²) in [6.45, 7) is 7.63. The molecule has 2 aromatic carbocycles. The molecule has 36 heavy (non-hydrogen) atoms. The van der Waals surface area contributed by atoms with Crippen molar-refractivity contribution in [3.05, 3.63) is 82.0 Å². The maximum Gasteiger partial charge on any atom is 0.281 e. The molecule has 0 saturated heterocycles. The number of benzene rings is 2. The monoisotopic (exact) mass is 486 g/mol. The Balaban J connectivity index is 1.25. The highest BCUT2D eigenvalue weighted by Gasteiger charge is 2.18. The summed E-state index contributed by atoms with van der Waals surface area (Å²) in [4.78, 5) is 25.9. The minimum atomic E-state index is -0.145. The van der Waals surface area contributed by atoms with E-state index in [0.717, 1.165) is 33.8 Å². The topological polar surface area (TPSA) is 87.4 Å². The largest absolute Gasteiger partial charge is 0.486 e. The highest BCUT2D eigenvalue weighted by molar-refractivity contribution is 5.87. The lowest BCUT2D eigenvalue weighted by molar-refractivity contribution is -0.121. The molecule has 0 bridgehead atoms. The van der Waals surface area contributed by atoms with E-state index < -0.39 is 0 Å². The molecule has 0 radical (unpaired) electrons. The van der Waals surface area contributed by atoms with Crippen LogP contribution >= 0.6 is 0 Å². The molecule has 8 nitrogen and oxygen atoms in total. The third-order valence-corrected chi connectivity index (χ3v) is 6.77. The molecule has 0 spiro atoms. The van der Waals surface area contributed by atoms with Crippen molar-refractivity contribution in [1.82, 2.24) is 19.7 Å². The second kappa shape index (κ2) is 9.89. The molecular formula is C28H30N4O4. The number of nitrogens with one attached hydrogen (secondary N) is 1. The number of rotatable bonds is 7. The van der Waals surface area contributed by atoms with E-state index in [1.807, 2.05) is 69.3 Å². The minimum Gasteiger partial charge on any atom is -0.486 e. The summed E-state index contributed by atoms with van der Waals surface area (Å²) < 4.78 is 14.8. The van der Waals surface area contributed by atoms with E-state index in [0.29, 0.717) is 43.7 Å². The van der Waals surface area contributed by atoms with Crippen LogP contribution in [0.4, 0.5) is 0 Å². The van der Waals surface area contributed by atoms with Crippen molar-refractivity contribution in [2.24, 2.45) is 0 Å². The van der Waals surface area contributed by atoms with Gasteiger partial charge in [-0.2, -0.15) is 9.78 Å². The molecule has 1 atom stereocenters. The van der Waals surface area contributed by atoms with Crippen LogP contribution in [-0.2, 0) is 11.3 Å². The van der Waals surface area contributed by atoms with Gasteiger partial charge in [0.05, 0.1) is 23.3 Å². The molecule has 2 aromatic heterocycles. The van der Waals surface area contributed by atoms with Crippen molar-refractivity contribution < 1.29 is 14.3 Å². The molecule has 3 heterocycles. The number of carbonyl (C=O) groups is 1. The van der Waals surface area contributed by atoms with E-state index in [-0.39, 0.29) is 17.5 Å². The van der Waals surface area contributed by atoms with Gasteiger partial charge < -0.3 is 19.4 Å². The Morgan fingerprint density at radius 1 is 1.06 bits per heavy atom. The lowest BCUT2D eigenvalue weighted by atomic mass is 10.1. The number of hydrogen-bond acceptors (Lipinski definition) is 5. The molecule has 4 aromatic rings. The number of fused-ring (bicyclic) bond motifs is 2. The average Bonchev–Trinajstić information content (AvgIpc) is 3.14. The molecule has 186 valence electrons. The SMILES string of the molecule is Cc1c2cnn(-c3ccccc3)c(=O)c2c(C)n1CCCC(=O)NC(C)c1ccc2c(c1)OCCO2. The second-order valence-corrected chi connectivity index (χ2v) is 9.10. The van der Waals surface area contributed by atoms with Crippen molar-refractivity contribution in [3.63, 3.8) is 0 Å². The number of nitrogens with zero attached hydrogens (tertiary/aromatic N) is 3. The van der Waals surface area contributed by atoms with E-state index in [1.54, 1.807) is 6.20 Å². The molecule has 0 aliphatic carbocycles. The van der Waals surface area contributed by atoms with Gasteiger partial charge in [0.2, 0.25) is 5.91 Å².